The van der Waals surface area contributed by atoms with Gasteiger partial charge >= 0.3 is 6.18 Å². The Morgan fingerprint density at radius 3 is 2.61 bits per heavy atom. The van der Waals surface area contributed by atoms with Crippen LogP contribution in [-0.2, 0) is 6.18 Å². The third-order valence-electron chi connectivity index (χ3n) is 2.90. The van der Waals surface area contributed by atoms with E-state index in [9.17, 15) is 13.2 Å². The van der Waals surface area contributed by atoms with Gasteiger partial charge in [-0.25, -0.2) is 9.97 Å². The van der Waals surface area contributed by atoms with Gasteiger partial charge in [-0.1, -0.05) is 12.1 Å². The minimum absolute atomic E-state index is 0.159. The van der Waals surface area contributed by atoms with Gasteiger partial charge in [-0.3, -0.25) is 0 Å². The zero-order chi connectivity index (χ0) is 16.4. The number of rotatable bonds is 3. The number of hydrogen-bond donors (Lipinski definition) is 2. The van der Waals surface area contributed by atoms with Crippen LogP contribution in [0.4, 0.5) is 24.8 Å². The molecule has 0 aliphatic carbocycles. The molecule has 0 atom stereocenters. The summed E-state index contributed by atoms with van der Waals surface area (Å²) in [4.78, 5) is 7.49. The zero-order valence-corrected chi connectivity index (χ0v) is 11.8. The van der Waals surface area contributed by atoms with E-state index in [0.717, 1.165) is 6.07 Å². The molecule has 0 spiro atoms. The standard InChI is InChI=1S/C13H10F3N7/c1-7-6-10(13(14,15)16)19-12(17-7)18-9-5-3-2-4-8(9)11-20-22-23-21-11/h2-6H,1H3,(H,17,18,19)(H,20,21,22,23). The number of hydrogen-bond acceptors (Lipinski definition) is 6. The predicted molar refractivity (Wildman–Crippen MR) is 74.7 cm³/mol. The van der Waals surface area contributed by atoms with Crippen LogP contribution in [0.25, 0.3) is 11.4 Å². The van der Waals surface area contributed by atoms with Crippen molar-refractivity contribution in [3.63, 3.8) is 0 Å². The summed E-state index contributed by atoms with van der Waals surface area (Å²) >= 11 is 0. The molecule has 118 valence electrons. The smallest absolute Gasteiger partial charge is 0.323 e. The van der Waals surface area contributed by atoms with Gasteiger partial charge in [-0.15, -0.1) is 10.2 Å². The Labute approximate surface area is 128 Å². The molecule has 0 radical (unpaired) electrons. The Kier molecular flexibility index (Phi) is 3.64. The second kappa shape index (κ2) is 5.63. The number of para-hydroxylation sites is 1. The van der Waals surface area contributed by atoms with Gasteiger partial charge in [0.2, 0.25) is 11.8 Å². The van der Waals surface area contributed by atoms with Crippen LogP contribution in [0.2, 0.25) is 0 Å². The summed E-state index contributed by atoms with van der Waals surface area (Å²) in [5.74, 6) is 0.144. The maximum absolute atomic E-state index is 12.8. The van der Waals surface area contributed by atoms with E-state index in [2.05, 4.69) is 35.9 Å². The van der Waals surface area contributed by atoms with Gasteiger partial charge in [0.25, 0.3) is 0 Å². The van der Waals surface area contributed by atoms with Gasteiger partial charge in [0.15, 0.2) is 0 Å². The summed E-state index contributed by atoms with van der Waals surface area (Å²) in [6, 6.07) is 7.70. The lowest BCUT2D eigenvalue weighted by atomic mass is 10.1. The first-order valence-electron chi connectivity index (χ1n) is 6.46. The van der Waals surface area contributed by atoms with E-state index in [4.69, 9.17) is 0 Å². The number of alkyl halides is 3. The van der Waals surface area contributed by atoms with Crippen molar-refractivity contribution in [3.05, 3.63) is 41.7 Å². The second-order valence-electron chi connectivity index (χ2n) is 4.62. The average molecular weight is 321 g/mol. The quantitative estimate of drug-likeness (QED) is 0.770. The molecule has 2 heterocycles. The lowest BCUT2D eigenvalue weighted by Crippen LogP contribution is -2.11. The fourth-order valence-corrected chi connectivity index (χ4v) is 1.95. The number of aromatic amines is 1. The highest BCUT2D eigenvalue weighted by atomic mass is 19.4. The molecule has 23 heavy (non-hydrogen) atoms. The number of aromatic nitrogens is 6. The van der Waals surface area contributed by atoms with Crippen LogP contribution in [0.1, 0.15) is 11.4 Å². The van der Waals surface area contributed by atoms with Crippen molar-refractivity contribution in [1.29, 1.82) is 0 Å². The van der Waals surface area contributed by atoms with Crippen LogP contribution in [0, 0.1) is 6.92 Å². The largest absolute Gasteiger partial charge is 0.433 e. The number of anilines is 2. The molecule has 2 N–H and O–H groups in total. The fraction of sp³-hybridized carbons (Fsp3) is 0.154. The Bertz CT molecular complexity index is 815. The van der Waals surface area contributed by atoms with Crippen molar-refractivity contribution in [2.75, 3.05) is 5.32 Å². The molecule has 10 heteroatoms. The fourth-order valence-electron chi connectivity index (χ4n) is 1.95. The molecular weight excluding hydrogens is 311 g/mol. The first kappa shape index (κ1) is 14.9. The molecule has 3 rings (SSSR count). The van der Waals surface area contributed by atoms with Crippen molar-refractivity contribution in [1.82, 2.24) is 30.6 Å². The molecule has 2 aromatic heterocycles. The highest BCUT2D eigenvalue weighted by Gasteiger charge is 2.33. The number of nitrogens with one attached hydrogen (secondary N) is 2. The molecule has 0 aliphatic heterocycles. The van der Waals surface area contributed by atoms with Crippen molar-refractivity contribution in [3.8, 4) is 11.4 Å². The monoisotopic (exact) mass is 321 g/mol. The molecule has 0 saturated carbocycles. The van der Waals surface area contributed by atoms with Gasteiger partial charge < -0.3 is 5.32 Å². The van der Waals surface area contributed by atoms with Crippen LogP contribution >= 0.6 is 0 Å². The van der Waals surface area contributed by atoms with Crippen LogP contribution in [0.3, 0.4) is 0 Å². The Morgan fingerprint density at radius 2 is 1.91 bits per heavy atom. The van der Waals surface area contributed by atoms with Gasteiger partial charge in [-0.05, 0) is 30.3 Å². The minimum atomic E-state index is -4.54. The van der Waals surface area contributed by atoms with Crippen molar-refractivity contribution >= 4 is 11.6 Å². The van der Waals surface area contributed by atoms with E-state index < -0.39 is 11.9 Å². The topological polar surface area (TPSA) is 92.3 Å². The summed E-state index contributed by atoms with van der Waals surface area (Å²) < 4.78 is 38.5. The molecule has 0 aliphatic rings. The number of nitrogens with zero attached hydrogens (tertiary/aromatic N) is 5. The number of halogens is 3. The third kappa shape index (κ3) is 3.25. The van der Waals surface area contributed by atoms with E-state index in [1.165, 1.54) is 6.92 Å². The summed E-state index contributed by atoms with van der Waals surface area (Å²) in [6.07, 6.45) is -4.54. The normalized spacial score (nSPS) is 11.5. The molecule has 0 amide bonds. The maximum Gasteiger partial charge on any atom is 0.433 e. The number of H-pyrrole nitrogens is 1. The molecule has 0 bridgehead atoms. The van der Waals surface area contributed by atoms with E-state index in [1.54, 1.807) is 24.3 Å². The Balaban J connectivity index is 1.99. The highest BCUT2D eigenvalue weighted by Crippen LogP contribution is 2.30. The lowest BCUT2D eigenvalue weighted by molar-refractivity contribution is -0.141. The molecule has 1 aromatic carbocycles. The summed E-state index contributed by atoms with van der Waals surface area (Å²) in [5.41, 5.74) is 0.212. The van der Waals surface area contributed by atoms with E-state index in [0.29, 0.717) is 17.1 Å². The molecular formula is C13H10F3N7. The average Bonchev–Trinajstić information content (AvgIpc) is 3.00. The van der Waals surface area contributed by atoms with E-state index in [1.807, 2.05) is 0 Å². The van der Waals surface area contributed by atoms with Crippen LogP contribution in [0.5, 0.6) is 0 Å². The SMILES string of the molecule is Cc1cc(C(F)(F)F)nc(Nc2ccccc2-c2nn[nH]n2)n1. The van der Waals surface area contributed by atoms with Crippen LogP contribution in [0.15, 0.2) is 30.3 Å². The van der Waals surface area contributed by atoms with Gasteiger partial charge in [0, 0.05) is 11.3 Å². The van der Waals surface area contributed by atoms with Crippen molar-refractivity contribution in [2.24, 2.45) is 0 Å². The minimum Gasteiger partial charge on any atom is -0.323 e. The predicted octanol–water partition coefficient (Wildman–Crippen LogP) is 2.73. The highest BCUT2D eigenvalue weighted by molar-refractivity contribution is 5.75. The number of aryl methyl sites for hydroxylation is 1. The van der Waals surface area contributed by atoms with Crippen LogP contribution < -0.4 is 5.32 Å². The van der Waals surface area contributed by atoms with Crippen LogP contribution in [-0.4, -0.2) is 30.6 Å². The first-order valence-corrected chi connectivity index (χ1v) is 6.46. The third-order valence-corrected chi connectivity index (χ3v) is 2.90. The van der Waals surface area contributed by atoms with Crippen molar-refractivity contribution < 1.29 is 13.2 Å². The molecule has 7 nitrogen and oxygen atoms in total. The first-order chi connectivity index (χ1) is 10.9. The Hall–Kier alpha value is -3.04. The summed E-state index contributed by atoms with van der Waals surface area (Å²) in [5, 5.41) is 16.3. The number of tetrazole rings is 1. The lowest BCUT2D eigenvalue weighted by Gasteiger charge is -2.11. The molecule has 3 aromatic rings. The van der Waals surface area contributed by atoms with Gasteiger partial charge in [0.05, 0.1) is 5.69 Å². The molecule has 0 fully saturated rings. The van der Waals surface area contributed by atoms with Crippen molar-refractivity contribution in [2.45, 2.75) is 13.1 Å². The molecule has 0 saturated heterocycles. The van der Waals surface area contributed by atoms with E-state index >= 15 is 0 Å². The second-order valence-corrected chi connectivity index (χ2v) is 4.62. The number of benzene rings is 1. The van der Waals surface area contributed by atoms with Gasteiger partial charge in [-0.2, -0.15) is 18.4 Å². The molecule has 0 unspecified atom stereocenters. The maximum atomic E-state index is 12.8. The Morgan fingerprint density at radius 1 is 1.13 bits per heavy atom. The zero-order valence-electron chi connectivity index (χ0n) is 11.8. The summed E-state index contributed by atoms with van der Waals surface area (Å²) in [6.45, 7) is 1.47. The van der Waals surface area contributed by atoms with Gasteiger partial charge in [0.1, 0.15) is 5.69 Å². The summed E-state index contributed by atoms with van der Waals surface area (Å²) in [7, 11) is 0. The van der Waals surface area contributed by atoms with E-state index in [-0.39, 0.29) is 11.6 Å².